The Kier molecular flexibility index (Phi) is 6.33. The molecule has 1 amide bonds. The molecule has 26 heavy (non-hydrogen) atoms. The molecule has 0 spiro atoms. The molecular weight excluding hydrogens is 330 g/mol. The lowest BCUT2D eigenvalue weighted by molar-refractivity contribution is 0.0662. The smallest absolute Gasteiger partial charge is 0.311 e. The quantitative estimate of drug-likeness (QED) is 0.758. The number of nitrogens with zero attached hydrogens (tertiary/aromatic N) is 5. The van der Waals surface area contributed by atoms with Crippen molar-refractivity contribution < 1.29 is 9.21 Å². The van der Waals surface area contributed by atoms with Gasteiger partial charge in [-0.1, -0.05) is 19.3 Å². The van der Waals surface area contributed by atoms with Gasteiger partial charge in [-0.2, -0.15) is 0 Å². The van der Waals surface area contributed by atoms with Crippen molar-refractivity contribution in [1.82, 2.24) is 25.0 Å². The topological polar surface area (TPSA) is 75.4 Å². The zero-order valence-corrected chi connectivity index (χ0v) is 15.6. The van der Waals surface area contributed by atoms with E-state index in [0.717, 1.165) is 18.7 Å². The zero-order chi connectivity index (χ0) is 18.4. The number of aromatic nitrogens is 3. The molecule has 2 aromatic rings. The maximum atomic E-state index is 13.0. The first-order valence-corrected chi connectivity index (χ1v) is 9.31. The highest BCUT2D eigenvalue weighted by Gasteiger charge is 2.26. The van der Waals surface area contributed by atoms with Crippen molar-refractivity contribution in [2.24, 2.45) is 5.92 Å². The van der Waals surface area contributed by atoms with E-state index >= 15 is 0 Å². The Morgan fingerprint density at radius 2 is 1.85 bits per heavy atom. The van der Waals surface area contributed by atoms with E-state index in [2.05, 4.69) is 20.1 Å². The first-order chi connectivity index (χ1) is 12.6. The maximum absolute atomic E-state index is 13.0. The molecule has 0 bridgehead atoms. The Morgan fingerprint density at radius 3 is 2.54 bits per heavy atom. The molecule has 140 valence electrons. The molecule has 1 aliphatic carbocycles. The van der Waals surface area contributed by atoms with Gasteiger partial charge >= 0.3 is 11.8 Å². The van der Waals surface area contributed by atoms with Gasteiger partial charge in [0.2, 0.25) is 5.89 Å². The molecular formula is C19H27N5O2. The predicted octanol–water partition coefficient (Wildman–Crippen LogP) is 2.72. The zero-order valence-electron chi connectivity index (χ0n) is 15.6. The van der Waals surface area contributed by atoms with Crippen LogP contribution in [0.2, 0.25) is 0 Å². The van der Waals surface area contributed by atoms with E-state index in [4.69, 9.17) is 4.42 Å². The minimum absolute atomic E-state index is 0.0615. The first-order valence-electron chi connectivity index (χ1n) is 9.31. The van der Waals surface area contributed by atoms with E-state index in [9.17, 15) is 4.79 Å². The second kappa shape index (κ2) is 8.89. The molecule has 0 aromatic carbocycles. The average molecular weight is 357 g/mol. The second-order valence-electron chi connectivity index (χ2n) is 7.21. The molecule has 7 nitrogen and oxygen atoms in total. The van der Waals surface area contributed by atoms with Crippen molar-refractivity contribution >= 4 is 5.91 Å². The van der Waals surface area contributed by atoms with Crippen LogP contribution in [0.3, 0.4) is 0 Å². The van der Waals surface area contributed by atoms with Crippen LogP contribution >= 0.6 is 0 Å². The van der Waals surface area contributed by atoms with Crippen LogP contribution in [-0.4, -0.2) is 64.6 Å². The van der Waals surface area contributed by atoms with E-state index in [1.807, 2.05) is 19.0 Å². The number of hydrogen-bond acceptors (Lipinski definition) is 6. The van der Waals surface area contributed by atoms with Gasteiger partial charge < -0.3 is 14.2 Å². The van der Waals surface area contributed by atoms with Gasteiger partial charge in [-0.05, 0) is 45.0 Å². The van der Waals surface area contributed by atoms with Gasteiger partial charge in [0.25, 0.3) is 0 Å². The third kappa shape index (κ3) is 4.88. The summed E-state index contributed by atoms with van der Waals surface area (Å²) in [6.07, 6.45) is 9.53. The molecule has 1 fully saturated rings. The average Bonchev–Trinajstić information content (AvgIpc) is 3.16. The summed E-state index contributed by atoms with van der Waals surface area (Å²) in [5.41, 5.74) is 0.763. The van der Waals surface area contributed by atoms with Crippen molar-refractivity contribution in [3.05, 3.63) is 30.4 Å². The van der Waals surface area contributed by atoms with Gasteiger partial charge in [-0.25, -0.2) is 0 Å². The Labute approximate surface area is 154 Å². The van der Waals surface area contributed by atoms with Crippen LogP contribution in [-0.2, 0) is 0 Å². The molecule has 2 heterocycles. The summed E-state index contributed by atoms with van der Waals surface area (Å²) in [4.78, 5) is 20.9. The highest BCUT2D eigenvalue weighted by atomic mass is 16.4. The predicted molar refractivity (Wildman–Crippen MR) is 98.6 cm³/mol. The second-order valence-corrected chi connectivity index (χ2v) is 7.21. The van der Waals surface area contributed by atoms with Gasteiger partial charge in [0, 0.05) is 37.6 Å². The molecule has 0 atom stereocenters. The lowest BCUT2D eigenvalue weighted by Crippen LogP contribution is -2.40. The van der Waals surface area contributed by atoms with E-state index in [0.29, 0.717) is 18.4 Å². The van der Waals surface area contributed by atoms with Crippen LogP contribution in [0.4, 0.5) is 0 Å². The summed E-state index contributed by atoms with van der Waals surface area (Å²) in [6, 6.07) is 3.57. The Bertz CT molecular complexity index is 695. The Balaban J connectivity index is 1.72. The summed E-state index contributed by atoms with van der Waals surface area (Å²) in [5, 5.41) is 8.02. The summed E-state index contributed by atoms with van der Waals surface area (Å²) in [6.45, 7) is 2.23. The number of amides is 1. The van der Waals surface area contributed by atoms with Crippen LogP contribution in [0.15, 0.2) is 28.9 Å². The first kappa shape index (κ1) is 18.5. The Hall–Kier alpha value is -2.28. The van der Waals surface area contributed by atoms with Gasteiger partial charge in [-0.3, -0.25) is 9.78 Å². The number of carbonyl (C=O) groups is 1. The molecule has 7 heteroatoms. The van der Waals surface area contributed by atoms with Crippen molar-refractivity contribution in [2.45, 2.75) is 32.1 Å². The summed E-state index contributed by atoms with van der Waals surface area (Å²) < 4.78 is 5.65. The normalized spacial score (nSPS) is 15.3. The highest BCUT2D eigenvalue weighted by molar-refractivity contribution is 5.89. The van der Waals surface area contributed by atoms with Gasteiger partial charge in [-0.15, -0.1) is 10.2 Å². The van der Waals surface area contributed by atoms with Crippen LogP contribution in [0.5, 0.6) is 0 Å². The lowest BCUT2D eigenvalue weighted by Gasteiger charge is -2.29. The number of carbonyl (C=O) groups excluding carboxylic acids is 1. The van der Waals surface area contributed by atoms with Crippen molar-refractivity contribution in [3.63, 3.8) is 0 Å². The fourth-order valence-corrected chi connectivity index (χ4v) is 3.33. The summed E-state index contributed by atoms with van der Waals surface area (Å²) >= 11 is 0. The number of hydrogen-bond donors (Lipinski definition) is 0. The third-order valence-electron chi connectivity index (χ3n) is 4.84. The maximum Gasteiger partial charge on any atom is 0.311 e. The van der Waals surface area contributed by atoms with E-state index in [1.54, 1.807) is 24.5 Å². The lowest BCUT2D eigenvalue weighted by atomic mass is 9.89. The monoisotopic (exact) mass is 357 g/mol. The molecule has 0 aliphatic heterocycles. The van der Waals surface area contributed by atoms with E-state index in [1.165, 1.54) is 32.1 Å². The van der Waals surface area contributed by atoms with Crippen molar-refractivity contribution in [3.8, 4) is 11.5 Å². The van der Waals surface area contributed by atoms with Crippen LogP contribution in [0.1, 0.15) is 42.8 Å². The van der Waals surface area contributed by atoms with Crippen LogP contribution in [0.25, 0.3) is 11.5 Å². The molecule has 2 aromatic heterocycles. The fourth-order valence-electron chi connectivity index (χ4n) is 3.33. The summed E-state index contributed by atoms with van der Waals surface area (Å²) in [5.74, 6) is 0.801. The fraction of sp³-hybridized carbons (Fsp3) is 0.579. The third-order valence-corrected chi connectivity index (χ3v) is 4.84. The molecule has 0 saturated heterocycles. The van der Waals surface area contributed by atoms with E-state index < -0.39 is 0 Å². The van der Waals surface area contributed by atoms with Crippen LogP contribution < -0.4 is 0 Å². The minimum Gasteiger partial charge on any atom is -0.412 e. The highest BCUT2D eigenvalue weighted by Crippen LogP contribution is 2.25. The standard InChI is InChI=1S/C19H27N5O2/c1-23(2)12-13-24(14-15-6-4-3-5-7-15)19(25)18-22-21-17(26-18)16-8-10-20-11-9-16/h8-11,15H,3-7,12-14H2,1-2H3. The van der Waals surface area contributed by atoms with Crippen molar-refractivity contribution in [2.75, 3.05) is 33.7 Å². The summed E-state index contributed by atoms with van der Waals surface area (Å²) in [7, 11) is 4.02. The molecule has 3 rings (SSSR count). The number of likely N-dealkylation sites (N-methyl/N-ethyl adjacent to an activating group) is 1. The largest absolute Gasteiger partial charge is 0.412 e. The van der Waals surface area contributed by atoms with Gasteiger partial charge in [0.05, 0.1) is 0 Å². The number of rotatable bonds is 7. The molecule has 1 saturated carbocycles. The SMILES string of the molecule is CN(C)CCN(CC1CCCCC1)C(=O)c1nnc(-c2ccncc2)o1. The minimum atomic E-state index is -0.176. The molecule has 1 aliphatic rings. The Morgan fingerprint density at radius 1 is 1.12 bits per heavy atom. The van der Waals surface area contributed by atoms with Crippen LogP contribution in [0, 0.1) is 5.92 Å². The molecule has 0 unspecified atom stereocenters. The van der Waals surface area contributed by atoms with Gasteiger partial charge in [0.1, 0.15) is 0 Å². The van der Waals surface area contributed by atoms with Gasteiger partial charge in [0.15, 0.2) is 0 Å². The molecule has 0 N–H and O–H groups in total. The number of pyridine rings is 1. The van der Waals surface area contributed by atoms with E-state index in [-0.39, 0.29) is 11.8 Å². The van der Waals surface area contributed by atoms with Crippen molar-refractivity contribution in [1.29, 1.82) is 0 Å². The molecule has 0 radical (unpaired) electrons.